The average molecular weight is 852 g/mol. The maximum Gasteiger partial charge on any atom is 0.243 e. The molecule has 4 fully saturated rings. The molecule has 3 aliphatic heterocycles. The standard InChI is InChI=1S/C45H57N9O6S/c1-29(55)13-24-53(30(2)56)41-38-12-6-11-37(40(38)50(3)49-41)32-14-20-51(21-15-32)28-31-7-4-10-36(25-31)61(59,60)52-22-16-33(17-23-52)47-44-46-27-39-42(48-44)54(43(58)45(39)18-19-45)34-8-5-9-35(57)26-34/h4,6-7,10-12,25,27,32-35,57H,5,8-9,13-24,26,28H2,1-3H3,(H,46,47,48)/t34-,35-/m1/s1. The quantitative estimate of drug-likeness (QED) is 0.196. The summed E-state index contributed by atoms with van der Waals surface area (Å²) in [6, 6.07) is 13.4. The molecule has 2 atom stereocenters. The normalized spacial score (nSPS) is 22.5. The highest BCUT2D eigenvalue weighted by Crippen LogP contribution is 2.57. The van der Waals surface area contributed by atoms with Gasteiger partial charge in [-0.3, -0.25) is 33.8 Å². The fourth-order valence-electron chi connectivity index (χ4n) is 10.3. The highest BCUT2D eigenvalue weighted by Gasteiger charge is 2.61. The summed E-state index contributed by atoms with van der Waals surface area (Å²) in [5.74, 6) is 1.97. The first-order valence-corrected chi connectivity index (χ1v) is 23.5. The van der Waals surface area contributed by atoms with Crippen LogP contribution in [0.1, 0.15) is 107 Å². The number of hydrogen-bond donors (Lipinski definition) is 2. The van der Waals surface area contributed by atoms with Crippen LogP contribution in [-0.2, 0) is 43.4 Å². The lowest BCUT2D eigenvalue weighted by Gasteiger charge is -2.34. The van der Waals surface area contributed by atoms with Crippen molar-refractivity contribution < 1.29 is 27.9 Å². The van der Waals surface area contributed by atoms with Gasteiger partial charge in [-0.2, -0.15) is 14.4 Å². The van der Waals surface area contributed by atoms with E-state index in [1.807, 2.05) is 47.0 Å². The Bertz CT molecular complexity index is 2450. The van der Waals surface area contributed by atoms with Crippen LogP contribution < -0.4 is 15.1 Å². The van der Waals surface area contributed by atoms with Gasteiger partial charge < -0.3 is 10.4 Å². The van der Waals surface area contributed by atoms with Gasteiger partial charge in [0.05, 0.1) is 21.9 Å². The highest BCUT2D eigenvalue weighted by atomic mass is 32.2. The first-order valence-electron chi connectivity index (χ1n) is 22.0. The van der Waals surface area contributed by atoms with E-state index in [1.54, 1.807) is 21.5 Å². The van der Waals surface area contributed by atoms with E-state index in [9.17, 15) is 27.9 Å². The van der Waals surface area contributed by atoms with Crippen molar-refractivity contribution in [2.24, 2.45) is 7.05 Å². The number of benzene rings is 2. The zero-order valence-corrected chi connectivity index (χ0v) is 36.2. The van der Waals surface area contributed by atoms with E-state index in [0.29, 0.717) is 73.8 Å². The van der Waals surface area contributed by atoms with Gasteiger partial charge in [-0.05, 0) is 119 Å². The van der Waals surface area contributed by atoms with Crippen molar-refractivity contribution in [3.63, 3.8) is 0 Å². The van der Waals surface area contributed by atoms with Gasteiger partial charge in [-0.25, -0.2) is 13.4 Å². The summed E-state index contributed by atoms with van der Waals surface area (Å²) in [6.45, 7) is 6.43. The summed E-state index contributed by atoms with van der Waals surface area (Å²) < 4.78 is 31.4. The van der Waals surface area contributed by atoms with E-state index in [0.717, 1.165) is 80.1 Å². The number of anilines is 3. The molecule has 15 nitrogen and oxygen atoms in total. The van der Waals surface area contributed by atoms with Crippen molar-refractivity contribution in [1.29, 1.82) is 0 Å². The number of aliphatic hydroxyl groups excluding tert-OH is 1. The molecule has 2 aromatic heterocycles. The number of nitrogens with one attached hydrogen (secondary N) is 1. The monoisotopic (exact) mass is 851 g/mol. The summed E-state index contributed by atoms with van der Waals surface area (Å²) in [5.41, 5.74) is 3.55. The summed E-state index contributed by atoms with van der Waals surface area (Å²) in [7, 11) is -1.81. The van der Waals surface area contributed by atoms with Crippen LogP contribution in [0.2, 0.25) is 0 Å². The second-order valence-electron chi connectivity index (χ2n) is 18.0. The predicted molar refractivity (Wildman–Crippen MR) is 232 cm³/mol. The molecule has 1 spiro atoms. The second-order valence-corrected chi connectivity index (χ2v) is 19.9. The van der Waals surface area contributed by atoms with Crippen molar-refractivity contribution in [2.45, 2.75) is 125 Å². The number of ketones is 1. The number of likely N-dealkylation sites (tertiary alicyclic amines) is 1. The number of rotatable bonds is 12. The van der Waals surface area contributed by atoms with E-state index < -0.39 is 21.5 Å². The van der Waals surface area contributed by atoms with Gasteiger partial charge in [0.25, 0.3) is 0 Å². The van der Waals surface area contributed by atoms with Crippen LogP contribution in [0.3, 0.4) is 0 Å². The van der Waals surface area contributed by atoms with Gasteiger partial charge >= 0.3 is 0 Å². The maximum absolute atomic E-state index is 14.0. The number of aliphatic hydroxyl groups is 1. The van der Waals surface area contributed by atoms with Crippen molar-refractivity contribution >= 4 is 56.1 Å². The van der Waals surface area contributed by atoms with Gasteiger partial charge in [0.2, 0.25) is 27.8 Å². The molecule has 16 heteroatoms. The molecular formula is C45H57N9O6S. The number of nitrogens with zero attached hydrogens (tertiary/aromatic N) is 8. The van der Waals surface area contributed by atoms with Crippen LogP contribution in [-0.4, -0.2) is 111 Å². The number of Topliss-reactive ketones (excluding diaryl/α,β-unsaturated/α-hetero) is 1. The largest absolute Gasteiger partial charge is 0.393 e. The molecule has 2 aliphatic carbocycles. The molecule has 2 saturated heterocycles. The number of piperidine rings is 2. The molecule has 0 bridgehead atoms. The Morgan fingerprint density at radius 3 is 2.44 bits per heavy atom. The highest BCUT2D eigenvalue weighted by molar-refractivity contribution is 7.89. The number of hydrogen-bond acceptors (Lipinski definition) is 11. The molecule has 61 heavy (non-hydrogen) atoms. The lowest BCUT2D eigenvalue weighted by Crippen LogP contribution is -2.44. The number of aryl methyl sites for hydroxylation is 1. The minimum Gasteiger partial charge on any atom is -0.393 e. The number of amides is 2. The molecule has 5 aliphatic rings. The summed E-state index contributed by atoms with van der Waals surface area (Å²) in [5, 5.41) is 19.5. The van der Waals surface area contributed by atoms with Crippen molar-refractivity contribution in [3.05, 3.63) is 65.4 Å². The van der Waals surface area contributed by atoms with Crippen LogP contribution >= 0.6 is 0 Å². The van der Waals surface area contributed by atoms with E-state index in [-0.39, 0.29) is 36.1 Å². The van der Waals surface area contributed by atoms with Gasteiger partial charge in [-0.1, -0.05) is 24.3 Å². The number of aromatic nitrogens is 4. The van der Waals surface area contributed by atoms with Gasteiger partial charge in [0.1, 0.15) is 11.6 Å². The van der Waals surface area contributed by atoms with Gasteiger partial charge in [0, 0.05) is 75.8 Å². The second kappa shape index (κ2) is 16.5. The van der Waals surface area contributed by atoms with E-state index >= 15 is 0 Å². The first kappa shape index (κ1) is 41.6. The van der Waals surface area contributed by atoms with E-state index in [1.165, 1.54) is 19.4 Å². The Balaban J connectivity index is 0.808. The Labute approximate surface area is 357 Å². The van der Waals surface area contributed by atoms with Crippen molar-refractivity contribution in [1.82, 2.24) is 29.0 Å². The fraction of sp³-hybridized carbons (Fsp3) is 0.556. The van der Waals surface area contributed by atoms with Gasteiger partial charge in [-0.15, -0.1) is 0 Å². The lowest BCUT2D eigenvalue weighted by atomic mass is 9.88. The third kappa shape index (κ3) is 7.96. The minimum absolute atomic E-state index is 0.0180. The zero-order chi connectivity index (χ0) is 42.6. The molecule has 0 radical (unpaired) electrons. The van der Waals surface area contributed by atoms with Crippen LogP contribution in [0.15, 0.2) is 53.6 Å². The summed E-state index contributed by atoms with van der Waals surface area (Å²) >= 11 is 0. The third-order valence-electron chi connectivity index (χ3n) is 13.8. The van der Waals surface area contributed by atoms with Crippen LogP contribution in [0.25, 0.3) is 10.9 Å². The zero-order valence-electron chi connectivity index (χ0n) is 35.4. The van der Waals surface area contributed by atoms with E-state index in [4.69, 9.17) is 10.1 Å². The molecular weight excluding hydrogens is 795 g/mol. The number of carbonyl (C=O) groups excluding carboxylic acids is 3. The SMILES string of the molecule is CC(=O)CCN(C(C)=O)c1nn(C)c2c(C3CCN(Cc4cccc(S(=O)(=O)N5CCC(Nc6ncc7c(n6)N([C@@H]6CCC[C@@H](O)C6)C(=O)C76CC6)CC5)c4)CC3)cccc12. The number of fused-ring (bicyclic) bond motifs is 3. The summed E-state index contributed by atoms with van der Waals surface area (Å²) in [6.07, 6.45) is 9.37. The Kier molecular flexibility index (Phi) is 11.2. The molecule has 324 valence electrons. The van der Waals surface area contributed by atoms with Crippen molar-refractivity contribution in [3.8, 4) is 0 Å². The number of para-hydroxylation sites is 1. The maximum atomic E-state index is 14.0. The van der Waals surface area contributed by atoms with Crippen LogP contribution in [0, 0.1) is 0 Å². The smallest absolute Gasteiger partial charge is 0.243 e. The number of sulfonamides is 1. The Morgan fingerprint density at radius 2 is 1.74 bits per heavy atom. The molecule has 9 rings (SSSR count). The lowest BCUT2D eigenvalue weighted by molar-refractivity contribution is -0.121. The average Bonchev–Trinajstić information content (AvgIpc) is 3.93. The third-order valence-corrected chi connectivity index (χ3v) is 15.7. The molecule has 2 amide bonds. The number of carbonyl (C=O) groups is 3. The van der Waals surface area contributed by atoms with Crippen LogP contribution in [0.4, 0.5) is 17.6 Å². The molecule has 2 N–H and O–H groups in total. The van der Waals surface area contributed by atoms with E-state index in [2.05, 4.69) is 21.3 Å². The van der Waals surface area contributed by atoms with Gasteiger partial charge in [0.15, 0.2) is 5.82 Å². The first-order chi connectivity index (χ1) is 29.3. The molecule has 5 heterocycles. The minimum atomic E-state index is -3.71. The molecule has 2 aromatic carbocycles. The summed E-state index contributed by atoms with van der Waals surface area (Å²) in [4.78, 5) is 53.6. The fourth-order valence-corrected chi connectivity index (χ4v) is 11.9. The Hall–Kier alpha value is -4.77. The Morgan fingerprint density at radius 1 is 0.984 bits per heavy atom. The van der Waals surface area contributed by atoms with Crippen molar-refractivity contribution in [2.75, 3.05) is 47.8 Å². The molecule has 4 aromatic rings. The topological polar surface area (TPSA) is 174 Å². The predicted octanol–water partition coefficient (Wildman–Crippen LogP) is 5.02. The molecule has 0 unspecified atom stereocenters. The molecule has 2 saturated carbocycles. The van der Waals surface area contributed by atoms with Crippen LogP contribution in [0.5, 0.6) is 0 Å².